The smallest absolute Gasteiger partial charge is 0.251 e. The summed E-state index contributed by atoms with van der Waals surface area (Å²) in [6, 6.07) is 7.34. The highest BCUT2D eigenvalue weighted by Gasteiger charge is 2.17. The van der Waals surface area contributed by atoms with E-state index < -0.39 is 0 Å². The average molecular weight is 376 g/mol. The molecule has 28 heavy (non-hydrogen) atoms. The molecule has 2 heterocycles. The van der Waals surface area contributed by atoms with E-state index in [0.29, 0.717) is 24.4 Å². The van der Waals surface area contributed by atoms with Gasteiger partial charge in [-0.25, -0.2) is 15.0 Å². The molecule has 1 aromatic carbocycles. The van der Waals surface area contributed by atoms with Gasteiger partial charge in [-0.05, 0) is 50.8 Å². The Morgan fingerprint density at radius 2 is 1.89 bits per heavy atom. The van der Waals surface area contributed by atoms with Crippen LogP contribution in [0.15, 0.2) is 24.3 Å². The number of nitrogens with zero attached hydrogens (tertiary/aromatic N) is 5. The van der Waals surface area contributed by atoms with Gasteiger partial charge in [-0.3, -0.25) is 9.48 Å². The Balaban J connectivity index is 1.36. The van der Waals surface area contributed by atoms with Crippen molar-refractivity contribution < 1.29 is 4.79 Å². The van der Waals surface area contributed by atoms with Gasteiger partial charge in [0.25, 0.3) is 5.91 Å². The van der Waals surface area contributed by atoms with E-state index in [1.165, 1.54) is 11.3 Å². The van der Waals surface area contributed by atoms with Gasteiger partial charge in [0.05, 0.1) is 0 Å². The van der Waals surface area contributed by atoms with Crippen LogP contribution in [0.25, 0.3) is 11.4 Å². The average Bonchev–Trinajstić information content (AvgIpc) is 3.29. The lowest BCUT2D eigenvalue weighted by Gasteiger charge is -2.08. The lowest BCUT2D eigenvalue weighted by molar-refractivity contribution is 0.0954. The molecule has 1 aliphatic carbocycles. The van der Waals surface area contributed by atoms with Crippen LogP contribution >= 0.6 is 0 Å². The Kier molecular flexibility index (Phi) is 4.90. The van der Waals surface area contributed by atoms with E-state index in [0.717, 1.165) is 42.2 Å². The van der Waals surface area contributed by atoms with Gasteiger partial charge >= 0.3 is 0 Å². The van der Waals surface area contributed by atoms with Crippen LogP contribution in [-0.4, -0.2) is 37.2 Å². The first-order valence-corrected chi connectivity index (χ1v) is 9.63. The first kappa shape index (κ1) is 18.3. The SMILES string of the molecule is Cc1nc(CCNC(=O)c2ccc(-c3nc(C)n(C)n3)cc2)nc2c1CCC2. The molecule has 1 N–H and O–H groups in total. The van der Waals surface area contributed by atoms with Crippen molar-refractivity contribution in [1.29, 1.82) is 0 Å². The molecule has 0 bridgehead atoms. The van der Waals surface area contributed by atoms with Crippen LogP contribution < -0.4 is 5.32 Å². The minimum Gasteiger partial charge on any atom is -0.352 e. The van der Waals surface area contributed by atoms with E-state index >= 15 is 0 Å². The molecule has 2 aromatic heterocycles. The highest BCUT2D eigenvalue weighted by Crippen LogP contribution is 2.22. The van der Waals surface area contributed by atoms with Crippen LogP contribution in [0.4, 0.5) is 0 Å². The number of aromatic nitrogens is 5. The monoisotopic (exact) mass is 376 g/mol. The molecule has 3 aromatic rings. The summed E-state index contributed by atoms with van der Waals surface area (Å²) in [6.45, 7) is 4.47. The standard InChI is InChI=1S/C21H24N6O/c1-13-17-5-4-6-18(17)25-19(23-13)11-12-22-21(28)16-9-7-15(8-10-16)20-24-14(2)27(3)26-20/h7-10H,4-6,11-12H2,1-3H3,(H,22,28). The number of hydrogen-bond donors (Lipinski definition) is 1. The maximum atomic E-state index is 12.4. The molecule has 0 saturated heterocycles. The zero-order valence-corrected chi connectivity index (χ0v) is 16.5. The van der Waals surface area contributed by atoms with Crippen LogP contribution in [0.3, 0.4) is 0 Å². The van der Waals surface area contributed by atoms with Crippen LogP contribution in [0.5, 0.6) is 0 Å². The Morgan fingerprint density at radius 1 is 1.11 bits per heavy atom. The second-order valence-electron chi connectivity index (χ2n) is 7.19. The molecule has 7 heteroatoms. The highest BCUT2D eigenvalue weighted by molar-refractivity contribution is 5.94. The van der Waals surface area contributed by atoms with Crippen molar-refractivity contribution >= 4 is 5.91 Å². The fourth-order valence-electron chi connectivity index (χ4n) is 3.54. The number of nitrogens with one attached hydrogen (secondary N) is 1. The van der Waals surface area contributed by atoms with Crippen molar-refractivity contribution in [3.8, 4) is 11.4 Å². The summed E-state index contributed by atoms with van der Waals surface area (Å²) < 4.78 is 1.73. The number of rotatable bonds is 5. The van der Waals surface area contributed by atoms with Crippen LogP contribution in [0.1, 0.15) is 45.4 Å². The van der Waals surface area contributed by atoms with Crippen LogP contribution in [0, 0.1) is 13.8 Å². The normalized spacial score (nSPS) is 12.8. The molecule has 1 aliphatic rings. The fourth-order valence-corrected chi connectivity index (χ4v) is 3.54. The topological polar surface area (TPSA) is 85.6 Å². The molecule has 0 aliphatic heterocycles. The van der Waals surface area contributed by atoms with Gasteiger partial charge in [0.2, 0.25) is 0 Å². The summed E-state index contributed by atoms with van der Waals surface area (Å²) in [6.07, 6.45) is 3.92. The van der Waals surface area contributed by atoms with Crippen molar-refractivity contribution in [2.75, 3.05) is 6.54 Å². The minimum absolute atomic E-state index is 0.102. The largest absolute Gasteiger partial charge is 0.352 e. The Hall–Kier alpha value is -3.09. The number of hydrogen-bond acceptors (Lipinski definition) is 5. The maximum Gasteiger partial charge on any atom is 0.251 e. The molecular formula is C21H24N6O. The van der Waals surface area contributed by atoms with E-state index in [-0.39, 0.29) is 5.91 Å². The number of carbonyl (C=O) groups excluding carboxylic acids is 1. The van der Waals surface area contributed by atoms with Crippen LogP contribution in [-0.2, 0) is 26.3 Å². The Morgan fingerprint density at radius 3 is 2.61 bits per heavy atom. The number of benzene rings is 1. The molecular weight excluding hydrogens is 352 g/mol. The van der Waals surface area contributed by atoms with Crippen molar-refractivity contribution in [3.63, 3.8) is 0 Å². The van der Waals surface area contributed by atoms with Gasteiger partial charge in [0, 0.05) is 42.5 Å². The van der Waals surface area contributed by atoms with E-state index in [4.69, 9.17) is 0 Å². The van der Waals surface area contributed by atoms with Crippen LogP contribution in [0.2, 0.25) is 0 Å². The zero-order valence-electron chi connectivity index (χ0n) is 16.5. The number of amides is 1. The molecule has 4 rings (SSSR count). The molecule has 7 nitrogen and oxygen atoms in total. The summed E-state index contributed by atoms with van der Waals surface area (Å²) >= 11 is 0. The fraction of sp³-hybridized carbons (Fsp3) is 0.381. The number of fused-ring (bicyclic) bond motifs is 1. The van der Waals surface area contributed by atoms with E-state index in [1.807, 2.05) is 33.0 Å². The second-order valence-corrected chi connectivity index (χ2v) is 7.19. The summed E-state index contributed by atoms with van der Waals surface area (Å²) in [4.78, 5) is 26.1. The number of aryl methyl sites for hydroxylation is 4. The van der Waals surface area contributed by atoms with Gasteiger partial charge < -0.3 is 5.32 Å². The van der Waals surface area contributed by atoms with Gasteiger partial charge in [0.1, 0.15) is 11.6 Å². The molecule has 0 fully saturated rings. The third-order valence-corrected chi connectivity index (χ3v) is 5.21. The predicted molar refractivity (Wildman–Crippen MR) is 106 cm³/mol. The first-order chi connectivity index (χ1) is 13.5. The number of carbonyl (C=O) groups is 1. The van der Waals surface area contributed by atoms with Gasteiger partial charge in [0.15, 0.2) is 5.82 Å². The van der Waals surface area contributed by atoms with Crippen molar-refractivity contribution in [3.05, 3.63) is 58.4 Å². The summed E-state index contributed by atoms with van der Waals surface area (Å²) in [7, 11) is 1.86. The van der Waals surface area contributed by atoms with Crippen molar-refractivity contribution in [2.24, 2.45) is 7.05 Å². The third kappa shape index (κ3) is 3.65. The summed E-state index contributed by atoms with van der Waals surface area (Å²) in [5.41, 5.74) is 5.08. The van der Waals surface area contributed by atoms with Gasteiger partial charge in [-0.2, -0.15) is 5.10 Å². The zero-order chi connectivity index (χ0) is 19.7. The quantitative estimate of drug-likeness (QED) is 0.739. The van der Waals surface area contributed by atoms with E-state index in [2.05, 4.69) is 25.4 Å². The van der Waals surface area contributed by atoms with E-state index in [9.17, 15) is 4.79 Å². The first-order valence-electron chi connectivity index (χ1n) is 9.63. The molecule has 1 amide bonds. The van der Waals surface area contributed by atoms with Crippen molar-refractivity contribution in [1.82, 2.24) is 30.0 Å². The minimum atomic E-state index is -0.102. The lowest BCUT2D eigenvalue weighted by atomic mass is 10.1. The molecule has 144 valence electrons. The predicted octanol–water partition coefficient (Wildman–Crippen LogP) is 2.35. The molecule has 0 saturated carbocycles. The van der Waals surface area contributed by atoms with Crippen molar-refractivity contribution in [2.45, 2.75) is 39.5 Å². The Bertz CT molecular complexity index is 1000. The molecule has 0 atom stereocenters. The maximum absolute atomic E-state index is 12.4. The Labute approximate surface area is 164 Å². The second kappa shape index (κ2) is 7.50. The van der Waals surface area contributed by atoms with Gasteiger partial charge in [-0.15, -0.1) is 0 Å². The molecule has 0 radical (unpaired) electrons. The summed E-state index contributed by atoms with van der Waals surface area (Å²) in [5.74, 6) is 2.22. The van der Waals surface area contributed by atoms with E-state index in [1.54, 1.807) is 16.8 Å². The summed E-state index contributed by atoms with van der Waals surface area (Å²) in [5, 5.41) is 7.31. The molecule has 0 unspecified atom stereocenters. The van der Waals surface area contributed by atoms with Gasteiger partial charge in [-0.1, -0.05) is 12.1 Å². The highest BCUT2D eigenvalue weighted by atomic mass is 16.1. The molecule has 0 spiro atoms. The third-order valence-electron chi connectivity index (χ3n) is 5.21. The lowest BCUT2D eigenvalue weighted by Crippen LogP contribution is -2.26.